The summed E-state index contributed by atoms with van der Waals surface area (Å²) in [6.07, 6.45) is 1.03. The van der Waals surface area contributed by atoms with Crippen LogP contribution in [0.4, 0.5) is 0 Å². The molecular weight excluding hydrogens is 298 g/mol. The van der Waals surface area contributed by atoms with Crippen molar-refractivity contribution in [3.8, 4) is 11.3 Å². The van der Waals surface area contributed by atoms with E-state index in [4.69, 9.17) is 0 Å². The molecule has 0 saturated heterocycles. The van der Waals surface area contributed by atoms with Crippen molar-refractivity contribution in [2.45, 2.75) is 13.0 Å². The highest BCUT2D eigenvalue weighted by Gasteiger charge is 2.12. The summed E-state index contributed by atoms with van der Waals surface area (Å²) in [5.41, 5.74) is 4.47. The molecule has 0 atom stereocenters. The summed E-state index contributed by atoms with van der Waals surface area (Å²) in [5.74, 6) is 0. The molecule has 1 aliphatic rings. The van der Waals surface area contributed by atoms with Gasteiger partial charge in [0, 0.05) is 17.5 Å². The lowest BCUT2D eigenvalue weighted by Gasteiger charge is -2.18. The number of aromatic nitrogens is 2. The fourth-order valence-electron chi connectivity index (χ4n) is 2.96. The predicted molar refractivity (Wildman–Crippen MR) is 90.5 cm³/mol. The minimum Gasteiger partial charge on any atom is -0.312 e. The van der Waals surface area contributed by atoms with Crippen LogP contribution in [0.1, 0.15) is 11.1 Å². The Balaban J connectivity index is 0.00000144. The number of aromatic amines is 1. The molecule has 0 saturated carbocycles. The number of benzene rings is 2. The molecule has 1 aliphatic heterocycles. The maximum absolute atomic E-state index is 11.9. The molecule has 0 bridgehead atoms. The van der Waals surface area contributed by atoms with Crippen LogP contribution >= 0.6 is 12.4 Å². The second-order valence-electron chi connectivity index (χ2n) is 5.36. The Morgan fingerprint density at radius 3 is 2.68 bits per heavy atom. The Morgan fingerprint density at radius 1 is 1.00 bits per heavy atom. The normalized spacial score (nSPS) is 13.5. The second kappa shape index (κ2) is 5.91. The third-order valence-corrected chi connectivity index (χ3v) is 4.06. The van der Waals surface area contributed by atoms with Crippen LogP contribution in [0.15, 0.2) is 47.3 Å². The van der Waals surface area contributed by atoms with E-state index in [1.165, 1.54) is 11.1 Å². The van der Waals surface area contributed by atoms with Crippen LogP contribution in [0, 0.1) is 0 Å². The minimum atomic E-state index is -0.142. The van der Waals surface area contributed by atoms with Gasteiger partial charge in [0.15, 0.2) is 0 Å². The van der Waals surface area contributed by atoms with Gasteiger partial charge in [0.05, 0.1) is 11.1 Å². The number of nitrogens with one attached hydrogen (secondary N) is 2. The Labute approximate surface area is 134 Å². The molecule has 0 unspecified atom stereocenters. The number of fused-ring (bicyclic) bond motifs is 2. The van der Waals surface area contributed by atoms with Crippen LogP contribution in [0.3, 0.4) is 0 Å². The van der Waals surface area contributed by atoms with E-state index in [0.29, 0.717) is 5.39 Å². The molecule has 22 heavy (non-hydrogen) atoms. The van der Waals surface area contributed by atoms with Gasteiger partial charge in [-0.2, -0.15) is 5.10 Å². The first-order valence-electron chi connectivity index (χ1n) is 7.13. The topological polar surface area (TPSA) is 57.8 Å². The molecule has 4 nitrogen and oxygen atoms in total. The van der Waals surface area contributed by atoms with E-state index in [2.05, 4.69) is 33.7 Å². The SMILES string of the molecule is Cl.O=c1[nH]nc(-c2ccc3c(c2)CCNC3)c2ccccc12. The van der Waals surface area contributed by atoms with Gasteiger partial charge in [0.1, 0.15) is 0 Å². The van der Waals surface area contributed by atoms with E-state index >= 15 is 0 Å². The first-order valence-corrected chi connectivity index (χ1v) is 7.13. The van der Waals surface area contributed by atoms with E-state index in [1.807, 2.05) is 24.3 Å². The zero-order valence-corrected chi connectivity index (χ0v) is 12.7. The summed E-state index contributed by atoms with van der Waals surface area (Å²) in [6, 6.07) is 14.0. The fraction of sp³-hybridized carbons (Fsp3) is 0.176. The van der Waals surface area contributed by atoms with Crippen LogP contribution in [0.2, 0.25) is 0 Å². The Bertz CT molecular complexity index is 888. The molecule has 0 aliphatic carbocycles. The molecule has 2 aromatic carbocycles. The number of rotatable bonds is 1. The summed E-state index contributed by atoms with van der Waals surface area (Å²) in [7, 11) is 0. The van der Waals surface area contributed by atoms with Gasteiger partial charge in [-0.25, -0.2) is 5.10 Å². The van der Waals surface area contributed by atoms with Crippen LogP contribution in [0.25, 0.3) is 22.0 Å². The Hall–Kier alpha value is -2.17. The van der Waals surface area contributed by atoms with Crippen LogP contribution in [0.5, 0.6) is 0 Å². The van der Waals surface area contributed by atoms with Crippen molar-refractivity contribution in [1.82, 2.24) is 15.5 Å². The summed E-state index contributed by atoms with van der Waals surface area (Å²) >= 11 is 0. The third kappa shape index (κ3) is 2.40. The van der Waals surface area contributed by atoms with Gasteiger partial charge in [0.2, 0.25) is 0 Å². The molecule has 5 heteroatoms. The standard InChI is InChI=1S/C17H15N3O.ClH/c21-17-15-4-2-1-3-14(15)16(19-20-17)12-5-6-13-10-18-8-7-11(13)9-12;/h1-6,9,18H,7-8,10H2,(H,20,21);1H. The van der Waals surface area contributed by atoms with Crippen molar-refractivity contribution in [1.29, 1.82) is 0 Å². The number of hydrogen-bond acceptors (Lipinski definition) is 3. The third-order valence-electron chi connectivity index (χ3n) is 4.06. The second-order valence-corrected chi connectivity index (χ2v) is 5.36. The Morgan fingerprint density at radius 2 is 1.82 bits per heavy atom. The zero-order chi connectivity index (χ0) is 14.2. The van der Waals surface area contributed by atoms with Crippen molar-refractivity contribution >= 4 is 23.2 Å². The van der Waals surface area contributed by atoms with Gasteiger partial charge in [-0.1, -0.05) is 30.3 Å². The molecular formula is C17H16ClN3O. The number of hydrogen-bond donors (Lipinski definition) is 2. The maximum Gasteiger partial charge on any atom is 0.272 e. The van der Waals surface area contributed by atoms with Crippen molar-refractivity contribution in [2.75, 3.05) is 6.54 Å². The van der Waals surface area contributed by atoms with E-state index in [9.17, 15) is 4.79 Å². The average Bonchev–Trinajstić information content (AvgIpc) is 2.55. The molecule has 1 aromatic heterocycles. The molecule has 0 amide bonds. The Kier molecular flexibility index (Phi) is 3.96. The van der Waals surface area contributed by atoms with Crippen LogP contribution in [-0.2, 0) is 13.0 Å². The van der Waals surface area contributed by atoms with Gasteiger partial charge >= 0.3 is 0 Å². The first kappa shape index (κ1) is 14.8. The van der Waals surface area contributed by atoms with Gasteiger partial charge < -0.3 is 5.32 Å². The molecule has 4 rings (SSSR count). The van der Waals surface area contributed by atoms with Crippen molar-refractivity contribution in [3.05, 3.63) is 63.9 Å². The molecule has 0 fully saturated rings. The van der Waals surface area contributed by atoms with Gasteiger partial charge in [0.25, 0.3) is 5.56 Å². The highest BCUT2D eigenvalue weighted by Crippen LogP contribution is 2.27. The van der Waals surface area contributed by atoms with E-state index in [0.717, 1.165) is 36.2 Å². The zero-order valence-electron chi connectivity index (χ0n) is 11.9. The molecule has 2 heterocycles. The highest BCUT2D eigenvalue weighted by molar-refractivity contribution is 5.93. The van der Waals surface area contributed by atoms with Crippen molar-refractivity contribution < 1.29 is 0 Å². The number of nitrogens with zero attached hydrogens (tertiary/aromatic N) is 1. The van der Waals surface area contributed by atoms with Gasteiger partial charge in [-0.15, -0.1) is 12.4 Å². The average molecular weight is 314 g/mol. The van der Waals surface area contributed by atoms with Gasteiger partial charge in [-0.3, -0.25) is 4.79 Å². The van der Waals surface area contributed by atoms with Crippen molar-refractivity contribution in [3.63, 3.8) is 0 Å². The van der Waals surface area contributed by atoms with E-state index in [-0.39, 0.29) is 18.0 Å². The monoisotopic (exact) mass is 313 g/mol. The molecule has 3 aromatic rings. The highest BCUT2D eigenvalue weighted by atomic mass is 35.5. The quantitative estimate of drug-likeness (QED) is 0.726. The van der Waals surface area contributed by atoms with Crippen LogP contribution in [-0.4, -0.2) is 16.7 Å². The molecule has 0 radical (unpaired) electrons. The summed E-state index contributed by atoms with van der Waals surface area (Å²) in [4.78, 5) is 11.9. The first-order chi connectivity index (χ1) is 10.3. The maximum atomic E-state index is 11.9. The number of H-pyrrole nitrogens is 1. The number of halogens is 1. The molecule has 112 valence electrons. The predicted octanol–water partition coefficient (Wildman–Crippen LogP) is 2.66. The summed E-state index contributed by atoms with van der Waals surface area (Å²) < 4.78 is 0. The molecule has 0 spiro atoms. The van der Waals surface area contributed by atoms with Gasteiger partial charge in [-0.05, 0) is 36.2 Å². The minimum absolute atomic E-state index is 0. The van der Waals surface area contributed by atoms with Crippen LogP contribution < -0.4 is 10.9 Å². The summed E-state index contributed by atoms with van der Waals surface area (Å²) in [6.45, 7) is 1.94. The lowest BCUT2D eigenvalue weighted by molar-refractivity contribution is 0.644. The van der Waals surface area contributed by atoms with E-state index < -0.39 is 0 Å². The smallest absolute Gasteiger partial charge is 0.272 e. The lowest BCUT2D eigenvalue weighted by Crippen LogP contribution is -2.23. The van der Waals surface area contributed by atoms with E-state index in [1.54, 1.807) is 0 Å². The summed E-state index contributed by atoms with van der Waals surface area (Å²) in [5, 5.41) is 11.8. The lowest BCUT2D eigenvalue weighted by atomic mass is 9.96. The largest absolute Gasteiger partial charge is 0.312 e. The fourth-order valence-corrected chi connectivity index (χ4v) is 2.96. The van der Waals surface area contributed by atoms with Crippen molar-refractivity contribution in [2.24, 2.45) is 0 Å². The molecule has 2 N–H and O–H groups in total.